The molecule has 0 unspecified atom stereocenters. The third kappa shape index (κ3) is 3.90. The summed E-state index contributed by atoms with van der Waals surface area (Å²) in [5.41, 5.74) is 4.30. The number of alkyl halides is 1. The minimum atomic E-state index is -3.81. The minimum absolute atomic E-state index is 0.0501. The average molecular weight is 467 g/mol. The van der Waals surface area contributed by atoms with Crippen molar-refractivity contribution in [1.29, 1.82) is 0 Å². The highest BCUT2D eigenvalue weighted by Gasteiger charge is 2.41. The quantitative estimate of drug-likeness (QED) is 0.695. The van der Waals surface area contributed by atoms with Crippen LogP contribution in [-0.4, -0.2) is 55.3 Å². The summed E-state index contributed by atoms with van der Waals surface area (Å²) in [7, 11) is -2.55. The summed E-state index contributed by atoms with van der Waals surface area (Å²) in [4.78, 5) is 20.7. The fraction of sp³-hybridized carbons (Fsp3) is 0.316. The van der Waals surface area contributed by atoms with Crippen LogP contribution >= 0.6 is 0 Å². The Balaban J connectivity index is 1.62. The summed E-state index contributed by atoms with van der Waals surface area (Å²) in [6, 6.07) is 4.97. The van der Waals surface area contributed by atoms with Gasteiger partial charge in [-0.25, -0.2) is 27.1 Å². The molecule has 13 heteroatoms. The van der Waals surface area contributed by atoms with Gasteiger partial charge in [-0.1, -0.05) is 0 Å². The van der Waals surface area contributed by atoms with Crippen LogP contribution in [0.25, 0.3) is 0 Å². The molecule has 3 heterocycles. The molecule has 0 aliphatic carbocycles. The number of halogens is 2. The van der Waals surface area contributed by atoms with Crippen molar-refractivity contribution in [2.24, 2.45) is 10.7 Å². The van der Waals surface area contributed by atoms with E-state index in [1.165, 1.54) is 32.2 Å². The van der Waals surface area contributed by atoms with E-state index in [1.807, 2.05) is 0 Å². The van der Waals surface area contributed by atoms with Crippen molar-refractivity contribution in [2.75, 3.05) is 24.7 Å². The molecule has 1 aromatic carbocycles. The van der Waals surface area contributed by atoms with Gasteiger partial charge in [-0.05, 0) is 25.1 Å². The van der Waals surface area contributed by atoms with Crippen molar-refractivity contribution < 1.29 is 31.5 Å². The van der Waals surface area contributed by atoms with Gasteiger partial charge in [0.1, 0.15) is 17.1 Å². The number of anilines is 1. The first-order chi connectivity index (χ1) is 15.0. The molecule has 3 N–H and O–H groups in total. The van der Waals surface area contributed by atoms with E-state index < -0.39 is 39.4 Å². The summed E-state index contributed by atoms with van der Waals surface area (Å²) < 4.78 is 63.6. The zero-order valence-electron chi connectivity index (χ0n) is 17.0. The van der Waals surface area contributed by atoms with Gasteiger partial charge < -0.3 is 20.5 Å². The number of hydrogen-bond acceptors (Lipinski definition) is 8. The number of aliphatic imine (C=N–C) groups is 1. The third-order valence-electron chi connectivity index (χ3n) is 5.06. The summed E-state index contributed by atoms with van der Waals surface area (Å²) in [6.45, 7) is 1.12. The lowest BCUT2D eigenvalue weighted by Gasteiger charge is -2.34. The molecule has 1 amide bonds. The van der Waals surface area contributed by atoms with Crippen LogP contribution in [0.1, 0.15) is 23.0 Å². The zero-order chi connectivity index (χ0) is 23.3. The topological polar surface area (TPSA) is 136 Å². The van der Waals surface area contributed by atoms with Crippen molar-refractivity contribution in [3.05, 3.63) is 47.5 Å². The first kappa shape index (κ1) is 21.7. The second kappa shape index (κ2) is 7.58. The molecule has 2 aromatic rings. The van der Waals surface area contributed by atoms with Crippen molar-refractivity contribution in [1.82, 2.24) is 9.29 Å². The molecule has 0 saturated carbocycles. The van der Waals surface area contributed by atoms with Crippen LogP contribution in [0.3, 0.4) is 0 Å². The number of guanidine groups is 1. The molecule has 2 aliphatic heterocycles. The number of carbonyl (C=O) groups excluding carboxylic acids is 1. The number of sulfonamides is 1. The lowest BCUT2D eigenvalue weighted by Crippen LogP contribution is -2.50. The molecule has 170 valence electrons. The maximum Gasteiger partial charge on any atom is 0.274 e. The molecule has 0 fully saturated rings. The number of rotatable bonds is 3. The number of hydrogen-bond donors (Lipinski definition) is 2. The van der Waals surface area contributed by atoms with E-state index in [0.717, 1.165) is 16.6 Å². The van der Waals surface area contributed by atoms with Gasteiger partial charge in [0, 0.05) is 24.4 Å². The number of amides is 1. The summed E-state index contributed by atoms with van der Waals surface area (Å²) >= 11 is 0. The Hall–Kier alpha value is -3.48. The lowest BCUT2D eigenvalue weighted by atomic mass is 9.93. The summed E-state index contributed by atoms with van der Waals surface area (Å²) in [5, 5.41) is 2.56. The Morgan fingerprint density at radius 1 is 1.34 bits per heavy atom. The van der Waals surface area contributed by atoms with E-state index in [4.69, 9.17) is 15.2 Å². The molecule has 32 heavy (non-hydrogen) atoms. The molecule has 10 nitrogen and oxygen atoms in total. The Bertz CT molecular complexity index is 1240. The molecule has 1 aromatic heterocycles. The van der Waals surface area contributed by atoms with E-state index in [1.54, 1.807) is 0 Å². The monoisotopic (exact) mass is 467 g/mol. The number of pyridine rings is 1. The van der Waals surface area contributed by atoms with Crippen molar-refractivity contribution in [3.8, 4) is 11.5 Å². The standard InChI is InChI=1S/C19H19F2N5O5S/c1-19(9-32(28,29)26(2)18(22)25-19)11-5-10(3-4-12(11)20)24-17(27)13-6-14-15(7-23-13)31-16(21)8-30-14/h3-7,16H,8-9H2,1-2H3,(H2,22,25)(H,24,27)/t16-,19+/m1/s1. The van der Waals surface area contributed by atoms with Crippen LogP contribution < -0.4 is 20.5 Å². The molecular formula is C19H19F2N5O5S. The Labute approximate surface area is 182 Å². The first-order valence-corrected chi connectivity index (χ1v) is 11.0. The van der Waals surface area contributed by atoms with E-state index >= 15 is 0 Å². The smallest absolute Gasteiger partial charge is 0.274 e. The van der Waals surface area contributed by atoms with Crippen LogP contribution in [-0.2, 0) is 15.6 Å². The fourth-order valence-corrected chi connectivity index (χ4v) is 4.83. The van der Waals surface area contributed by atoms with Crippen LogP contribution in [0.4, 0.5) is 14.5 Å². The van der Waals surface area contributed by atoms with Gasteiger partial charge in [-0.2, -0.15) is 4.39 Å². The van der Waals surface area contributed by atoms with Gasteiger partial charge in [0.2, 0.25) is 16.0 Å². The maximum absolute atomic E-state index is 14.7. The van der Waals surface area contributed by atoms with Gasteiger partial charge in [0.05, 0.1) is 11.9 Å². The molecule has 0 bridgehead atoms. The van der Waals surface area contributed by atoms with Crippen LogP contribution in [0.5, 0.6) is 11.5 Å². The van der Waals surface area contributed by atoms with E-state index in [-0.39, 0.29) is 41.0 Å². The second-order valence-corrected chi connectivity index (χ2v) is 9.47. The molecule has 0 saturated heterocycles. The zero-order valence-corrected chi connectivity index (χ0v) is 17.8. The molecule has 2 aliphatic rings. The number of aromatic nitrogens is 1. The lowest BCUT2D eigenvalue weighted by molar-refractivity contribution is -0.00336. The number of ether oxygens (including phenoxy) is 2. The van der Waals surface area contributed by atoms with Gasteiger partial charge in [-0.15, -0.1) is 0 Å². The molecule has 0 spiro atoms. The number of benzene rings is 1. The molecule has 2 atom stereocenters. The van der Waals surface area contributed by atoms with Gasteiger partial charge >= 0.3 is 0 Å². The normalized spacial score (nSPS) is 23.9. The van der Waals surface area contributed by atoms with Gasteiger partial charge in [0.25, 0.3) is 12.3 Å². The van der Waals surface area contributed by atoms with Crippen molar-refractivity contribution >= 4 is 27.6 Å². The van der Waals surface area contributed by atoms with Crippen LogP contribution in [0.2, 0.25) is 0 Å². The number of nitrogens with two attached hydrogens (primary N) is 1. The first-order valence-electron chi connectivity index (χ1n) is 9.35. The fourth-order valence-electron chi connectivity index (χ4n) is 3.38. The highest BCUT2D eigenvalue weighted by atomic mass is 32.2. The Morgan fingerprint density at radius 3 is 2.81 bits per heavy atom. The Kier molecular flexibility index (Phi) is 5.15. The number of nitrogens with one attached hydrogen (secondary N) is 1. The minimum Gasteiger partial charge on any atom is -0.483 e. The largest absolute Gasteiger partial charge is 0.483 e. The number of nitrogens with zero attached hydrogens (tertiary/aromatic N) is 3. The second-order valence-electron chi connectivity index (χ2n) is 7.47. The molecule has 0 radical (unpaired) electrons. The highest BCUT2D eigenvalue weighted by molar-refractivity contribution is 7.89. The number of carbonyl (C=O) groups is 1. The van der Waals surface area contributed by atoms with E-state index in [0.29, 0.717) is 0 Å². The van der Waals surface area contributed by atoms with E-state index in [9.17, 15) is 22.0 Å². The Morgan fingerprint density at radius 2 is 2.09 bits per heavy atom. The van der Waals surface area contributed by atoms with E-state index in [2.05, 4.69) is 15.3 Å². The summed E-state index contributed by atoms with van der Waals surface area (Å²) in [5.74, 6) is -1.92. The average Bonchev–Trinajstić information content (AvgIpc) is 2.72. The van der Waals surface area contributed by atoms with Crippen LogP contribution in [0, 0.1) is 5.82 Å². The van der Waals surface area contributed by atoms with Gasteiger partial charge in [-0.3, -0.25) is 4.79 Å². The maximum atomic E-state index is 14.7. The molecular weight excluding hydrogens is 448 g/mol. The number of fused-ring (bicyclic) bond motifs is 1. The predicted molar refractivity (Wildman–Crippen MR) is 110 cm³/mol. The van der Waals surface area contributed by atoms with Crippen molar-refractivity contribution in [3.63, 3.8) is 0 Å². The SMILES string of the molecule is CN1C(N)=N[C@](C)(c2cc(NC(=O)c3cc4c(cn3)O[C@@H](F)CO4)ccc2F)CS1(=O)=O. The van der Waals surface area contributed by atoms with Crippen LogP contribution in [0.15, 0.2) is 35.5 Å². The predicted octanol–water partition coefficient (Wildman–Crippen LogP) is 1.34. The molecule has 4 rings (SSSR count). The van der Waals surface area contributed by atoms with Gasteiger partial charge in [0.15, 0.2) is 18.1 Å². The summed E-state index contributed by atoms with van der Waals surface area (Å²) in [6.07, 6.45) is -0.461. The highest BCUT2D eigenvalue weighted by Crippen LogP contribution is 2.35. The van der Waals surface area contributed by atoms with Crippen molar-refractivity contribution in [2.45, 2.75) is 18.8 Å². The third-order valence-corrected chi connectivity index (χ3v) is 7.01.